The molecule has 2 amide bonds. The highest BCUT2D eigenvalue weighted by Crippen LogP contribution is 2.49. The van der Waals surface area contributed by atoms with Crippen molar-refractivity contribution in [3.05, 3.63) is 198 Å². The summed E-state index contributed by atoms with van der Waals surface area (Å²) in [5.41, 5.74) is 8.65. The maximum absolute atomic E-state index is 14.3. The van der Waals surface area contributed by atoms with E-state index in [1.165, 1.54) is 22.7 Å². The lowest BCUT2D eigenvalue weighted by atomic mass is 9.96. The number of allylic oxidation sites excluding steroid dienone is 1. The number of nitrogens with zero attached hydrogens (tertiary/aromatic N) is 3. The minimum Gasteiger partial charge on any atom is -0.341 e. The number of hydrogen-bond acceptors (Lipinski definition) is 7. The van der Waals surface area contributed by atoms with Gasteiger partial charge < -0.3 is 15.6 Å². The minimum atomic E-state index is -0.351. The third-order valence-corrected chi connectivity index (χ3v) is 14.2. The van der Waals surface area contributed by atoms with Gasteiger partial charge in [-0.2, -0.15) is 0 Å². The van der Waals surface area contributed by atoms with Crippen molar-refractivity contribution in [1.29, 1.82) is 0 Å². The molecule has 0 aliphatic carbocycles. The van der Waals surface area contributed by atoms with E-state index in [0.29, 0.717) is 91.8 Å². The van der Waals surface area contributed by atoms with E-state index in [-0.39, 0.29) is 17.6 Å². The molecule has 4 heterocycles. The van der Waals surface area contributed by atoms with Crippen molar-refractivity contribution in [2.24, 2.45) is 4.99 Å². The predicted octanol–water partition coefficient (Wildman–Crippen LogP) is 14.8. The van der Waals surface area contributed by atoms with Gasteiger partial charge in [-0.3, -0.25) is 9.59 Å². The number of amidine groups is 1. The third-order valence-electron chi connectivity index (χ3n) is 11.0. The van der Waals surface area contributed by atoms with Gasteiger partial charge in [0, 0.05) is 53.5 Å². The van der Waals surface area contributed by atoms with E-state index in [9.17, 15) is 9.59 Å². The fraction of sp³-hybridized carbons (Fsp3) is 0.0392. The number of amides is 2. The van der Waals surface area contributed by atoms with Gasteiger partial charge in [-0.05, 0) is 91.7 Å². The molecule has 0 saturated heterocycles. The summed E-state index contributed by atoms with van der Waals surface area (Å²) in [5.74, 6) is -0.0362. The fourth-order valence-electron chi connectivity index (χ4n) is 7.86. The summed E-state index contributed by atoms with van der Waals surface area (Å²) in [6.45, 7) is 3.77. The summed E-state index contributed by atoms with van der Waals surface area (Å²) < 4.78 is 1.89. The molecule has 1 aliphatic rings. The Labute approximate surface area is 400 Å². The van der Waals surface area contributed by atoms with Crippen molar-refractivity contribution in [3.63, 3.8) is 0 Å². The number of hydrogen-bond donors (Lipinski definition) is 3. The molecule has 9 aromatic rings. The second-order valence-electron chi connectivity index (χ2n) is 15.2. The Hall–Kier alpha value is -6.37. The van der Waals surface area contributed by atoms with Gasteiger partial charge in [0.1, 0.15) is 21.7 Å². The molecule has 0 spiro atoms. The van der Waals surface area contributed by atoms with Crippen LogP contribution in [0.1, 0.15) is 48.1 Å². The van der Waals surface area contributed by atoms with Crippen molar-refractivity contribution in [3.8, 4) is 21.7 Å². The lowest BCUT2D eigenvalue weighted by Crippen LogP contribution is -2.31. The van der Waals surface area contributed by atoms with Gasteiger partial charge in [-0.1, -0.05) is 119 Å². The summed E-state index contributed by atoms with van der Waals surface area (Å²) in [7, 11) is 0. The second-order valence-corrected chi connectivity index (χ2v) is 18.9. The Morgan fingerprint density at radius 2 is 1.11 bits per heavy atom. The second kappa shape index (κ2) is 17.5. The average Bonchev–Trinajstić information content (AvgIpc) is 4.07. The van der Waals surface area contributed by atoms with Gasteiger partial charge in [0.25, 0.3) is 11.8 Å². The Morgan fingerprint density at radius 1 is 0.585 bits per heavy atom. The molecule has 0 fully saturated rings. The maximum atomic E-state index is 14.3. The van der Waals surface area contributed by atoms with E-state index in [2.05, 4.69) is 15.6 Å². The normalized spacial score (nSPS) is 13.3. The molecule has 0 saturated carbocycles. The molecule has 0 bridgehead atoms. The van der Waals surface area contributed by atoms with Crippen molar-refractivity contribution in [1.82, 2.24) is 20.3 Å². The molecule has 0 atom stereocenters. The summed E-state index contributed by atoms with van der Waals surface area (Å²) in [4.78, 5) is 47.5. The SMILES string of the molecule is Cc1ccccc1C(=O)NC1=NC(=Cc2[nH]c(NC(=O)c3ccccc3C)c(-c3nc4ccccc4s3)c2-c2ccc(Cl)cc2Cl)C(c2ccc(Cl)cc2Cl)=C1c1nc2ccccc2s1. The number of aromatic nitrogens is 3. The molecule has 3 aromatic heterocycles. The quantitative estimate of drug-likeness (QED) is 0.141. The van der Waals surface area contributed by atoms with Crippen LogP contribution >= 0.6 is 69.1 Å². The van der Waals surface area contributed by atoms with Crippen LogP contribution < -0.4 is 10.6 Å². The van der Waals surface area contributed by atoms with Gasteiger partial charge in [0.15, 0.2) is 0 Å². The standard InChI is InChI=1S/C51H32Cl4N6O2S2/c1-26-11-3-5-13-30(26)48(62)60-46-44(50-58-36-15-7-9-17-40(36)64-50)42(32-21-19-28(52)23-34(32)54)38(56-46)25-39-43(33-22-20-29(53)24-35(33)55)45(51-59-37-16-8-10-18-41(37)65-51)47(57-39)61-49(63)31-14-6-4-12-27(31)2/h3-25,56H,1-2H3,(H,60,62)(H,57,61,63). The first kappa shape index (κ1) is 42.6. The highest BCUT2D eigenvalue weighted by Gasteiger charge is 2.33. The van der Waals surface area contributed by atoms with Crippen LogP contribution in [0, 0.1) is 13.8 Å². The number of benzene rings is 6. The zero-order valence-corrected chi connectivity index (χ0v) is 38.9. The van der Waals surface area contributed by atoms with Crippen molar-refractivity contribution >= 4 is 130 Å². The van der Waals surface area contributed by atoms with Gasteiger partial charge in [-0.15, -0.1) is 22.7 Å². The van der Waals surface area contributed by atoms with E-state index in [1.54, 1.807) is 36.4 Å². The zero-order valence-electron chi connectivity index (χ0n) is 34.3. The van der Waals surface area contributed by atoms with Gasteiger partial charge in [-0.25, -0.2) is 15.0 Å². The van der Waals surface area contributed by atoms with Crippen LogP contribution in [0.5, 0.6) is 0 Å². The summed E-state index contributed by atoms with van der Waals surface area (Å²) >= 11 is 30.2. The van der Waals surface area contributed by atoms with Crippen LogP contribution in [-0.4, -0.2) is 32.6 Å². The number of nitrogens with one attached hydrogen (secondary N) is 3. The molecule has 0 unspecified atom stereocenters. The maximum Gasteiger partial charge on any atom is 0.257 e. The Balaban J connectivity index is 1.27. The number of anilines is 1. The number of aliphatic imine (C=N–C) groups is 1. The van der Waals surface area contributed by atoms with Crippen LogP contribution in [0.25, 0.3) is 59.4 Å². The smallest absolute Gasteiger partial charge is 0.257 e. The first-order chi connectivity index (χ1) is 31.5. The van der Waals surface area contributed by atoms with E-state index >= 15 is 0 Å². The molecule has 65 heavy (non-hydrogen) atoms. The van der Waals surface area contributed by atoms with Crippen molar-refractivity contribution in [2.45, 2.75) is 13.8 Å². The number of aromatic amines is 1. The molecular weight excluding hydrogens is 935 g/mol. The highest BCUT2D eigenvalue weighted by atomic mass is 35.5. The van der Waals surface area contributed by atoms with E-state index in [4.69, 9.17) is 61.4 Å². The van der Waals surface area contributed by atoms with Crippen LogP contribution in [0.15, 0.2) is 144 Å². The Morgan fingerprint density at radius 3 is 1.69 bits per heavy atom. The van der Waals surface area contributed by atoms with Gasteiger partial charge in [0.2, 0.25) is 0 Å². The zero-order chi connectivity index (χ0) is 44.9. The van der Waals surface area contributed by atoms with Crippen LogP contribution in [0.2, 0.25) is 20.1 Å². The molecule has 1 aliphatic heterocycles. The summed E-state index contributed by atoms with van der Waals surface area (Å²) in [6.07, 6.45) is 1.86. The monoisotopic (exact) mass is 964 g/mol. The molecular formula is C51H32Cl4N6O2S2. The van der Waals surface area contributed by atoms with Crippen molar-refractivity contribution < 1.29 is 9.59 Å². The molecule has 3 N–H and O–H groups in total. The lowest BCUT2D eigenvalue weighted by molar-refractivity contribution is 0.0975. The molecule has 6 aromatic carbocycles. The fourth-order valence-corrected chi connectivity index (χ4v) is 10.9. The number of thiazole rings is 2. The lowest BCUT2D eigenvalue weighted by Gasteiger charge is -2.12. The molecule has 318 valence electrons. The van der Waals surface area contributed by atoms with E-state index < -0.39 is 0 Å². The number of rotatable bonds is 8. The van der Waals surface area contributed by atoms with E-state index in [0.717, 1.165) is 31.6 Å². The van der Waals surface area contributed by atoms with Gasteiger partial charge in [0.05, 0.1) is 43.0 Å². The van der Waals surface area contributed by atoms with Crippen LogP contribution in [0.3, 0.4) is 0 Å². The van der Waals surface area contributed by atoms with Crippen LogP contribution in [-0.2, 0) is 0 Å². The first-order valence-electron chi connectivity index (χ1n) is 20.2. The number of para-hydroxylation sites is 2. The third kappa shape index (κ3) is 8.18. The number of carbonyl (C=O) groups excluding carboxylic acids is 2. The molecule has 14 heteroatoms. The van der Waals surface area contributed by atoms with E-state index in [1.807, 2.05) is 117 Å². The largest absolute Gasteiger partial charge is 0.341 e. The number of H-pyrrole nitrogens is 1. The Kier molecular flexibility index (Phi) is 11.5. The first-order valence-corrected chi connectivity index (χ1v) is 23.3. The minimum absolute atomic E-state index is 0.265. The molecule has 8 nitrogen and oxygen atoms in total. The number of fused-ring (bicyclic) bond motifs is 2. The summed E-state index contributed by atoms with van der Waals surface area (Å²) in [6, 6.07) is 40.9. The number of aryl methyl sites for hydroxylation is 2. The molecule has 0 radical (unpaired) electrons. The number of halogens is 4. The molecule has 10 rings (SSSR count). The topological polar surface area (TPSA) is 112 Å². The average molecular weight is 967 g/mol. The number of carbonyl (C=O) groups is 2. The van der Waals surface area contributed by atoms with Crippen molar-refractivity contribution in [2.75, 3.05) is 5.32 Å². The van der Waals surface area contributed by atoms with Gasteiger partial charge >= 0.3 is 0 Å². The van der Waals surface area contributed by atoms with Crippen LogP contribution in [0.4, 0.5) is 5.82 Å². The highest BCUT2D eigenvalue weighted by molar-refractivity contribution is 7.21. The Bertz CT molecular complexity index is 3460. The summed E-state index contributed by atoms with van der Waals surface area (Å²) in [5, 5.41) is 9.17. The predicted molar refractivity (Wildman–Crippen MR) is 271 cm³/mol.